The molecule has 0 aliphatic carbocycles. The van der Waals surface area contributed by atoms with Gasteiger partial charge in [0.15, 0.2) is 11.5 Å². The summed E-state index contributed by atoms with van der Waals surface area (Å²) in [5, 5.41) is 0. The largest absolute Gasteiger partial charge is 0.490 e. The van der Waals surface area contributed by atoms with Gasteiger partial charge in [-0.25, -0.2) is 4.42 Å². The van der Waals surface area contributed by atoms with Gasteiger partial charge in [-0.15, -0.1) is 0 Å². The van der Waals surface area contributed by atoms with E-state index in [-0.39, 0.29) is 0 Å². The Morgan fingerprint density at radius 1 is 0.727 bits per heavy atom. The van der Waals surface area contributed by atoms with E-state index in [2.05, 4.69) is 12.1 Å². The molecule has 0 aliphatic heterocycles. The van der Waals surface area contributed by atoms with E-state index in [0.717, 1.165) is 33.8 Å². The van der Waals surface area contributed by atoms with Crippen LogP contribution in [0.1, 0.15) is 25.2 Å². The van der Waals surface area contributed by atoms with Crippen LogP contribution in [0.4, 0.5) is 0 Å². The maximum absolute atomic E-state index is 6.54. The van der Waals surface area contributed by atoms with Gasteiger partial charge in [0, 0.05) is 5.56 Å². The third-order valence-electron chi connectivity index (χ3n) is 5.13. The maximum Gasteiger partial charge on any atom is 0.376 e. The Morgan fingerprint density at radius 2 is 1.36 bits per heavy atom. The topological polar surface area (TPSA) is 55.8 Å². The zero-order valence-electron chi connectivity index (χ0n) is 19.0. The minimum absolute atomic E-state index is 0.525. The second kappa shape index (κ2) is 10.5. The van der Waals surface area contributed by atoms with Crippen molar-refractivity contribution in [2.24, 2.45) is 5.73 Å². The lowest BCUT2D eigenvalue weighted by Gasteiger charge is -2.11. The van der Waals surface area contributed by atoms with Crippen LogP contribution in [0.2, 0.25) is 0 Å². The molecule has 4 nitrogen and oxygen atoms in total. The van der Waals surface area contributed by atoms with Crippen molar-refractivity contribution >= 4 is 11.8 Å². The fourth-order valence-corrected chi connectivity index (χ4v) is 3.59. The van der Waals surface area contributed by atoms with E-state index in [9.17, 15) is 0 Å². The summed E-state index contributed by atoms with van der Waals surface area (Å²) >= 11 is 0. The van der Waals surface area contributed by atoms with Crippen LogP contribution >= 0.6 is 0 Å². The first-order chi connectivity index (χ1) is 16.2. The van der Waals surface area contributed by atoms with Gasteiger partial charge >= 0.3 is 11.5 Å². The lowest BCUT2D eigenvalue weighted by atomic mass is 10.0. The molecule has 0 fully saturated rings. The molecule has 0 saturated heterocycles. The number of benzene rings is 3. The molecule has 0 atom stereocenters. The maximum atomic E-state index is 6.54. The summed E-state index contributed by atoms with van der Waals surface area (Å²) in [6.45, 7) is 5.03. The smallest absolute Gasteiger partial charge is 0.376 e. The Bertz CT molecular complexity index is 1180. The molecule has 3 aromatic carbocycles. The zero-order valence-corrected chi connectivity index (χ0v) is 19.0. The van der Waals surface area contributed by atoms with E-state index >= 15 is 0 Å². The summed E-state index contributed by atoms with van der Waals surface area (Å²) in [7, 11) is 0. The van der Waals surface area contributed by atoms with Crippen LogP contribution in [0.3, 0.4) is 0 Å². The Morgan fingerprint density at radius 3 is 2.03 bits per heavy atom. The predicted octanol–water partition coefficient (Wildman–Crippen LogP) is 7.15. The van der Waals surface area contributed by atoms with Gasteiger partial charge in [-0.05, 0) is 55.3 Å². The standard InChI is InChI=1S/C29H28NO3/c1-3-31-26-16-15-21(18-29(26)32-4-2)17-25(30)28-20-24(22-11-7-5-8-12-22)19-27(33-28)23-13-9-6-10-14-23/h5-20H,3-4,30H2,1-2H3/q+1. The van der Waals surface area contributed by atoms with Gasteiger partial charge in [-0.1, -0.05) is 54.6 Å². The molecule has 0 saturated carbocycles. The molecule has 4 heteroatoms. The average Bonchev–Trinajstić information content (AvgIpc) is 2.86. The lowest BCUT2D eigenvalue weighted by molar-refractivity contribution is 0.287. The summed E-state index contributed by atoms with van der Waals surface area (Å²) in [5.74, 6) is 2.77. The van der Waals surface area contributed by atoms with Crippen molar-refractivity contribution in [2.45, 2.75) is 13.8 Å². The molecule has 166 valence electrons. The van der Waals surface area contributed by atoms with Crippen molar-refractivity contribution in [3.8, 4) is 33.9 Å². The molecule has 1 heterocycles. The Kier molecular flexibility index (Phi) is 7.06. The molecular formula is C29H28NO3+. The first-order valence-corrected chi connectivity index (χ1v) is 11.1. The minimum Gasteiger partial charge on any atom is -0.490 e. The third-order valence-corrected chi connectivity index (χ3v) is 5.13. The first kappa shape index (κ1) is 22.2. The highest BCUT2D eigenvalue weighted by atomic mass is 16.5. The second-order valence-electron chi connectivity index (χ2n) is 7.48. The molecule has 33 heavy (non-hydrogen) atoms. The van der Waals surface area contributed by atoms with E-state index in [1.165, 1.54) is 0 Å². The van der Waals surface area contributed by atoms with Gasteiger partial charge in [0.1, 0.15) is 5.70 Å². The van der Waals surface area contributed by atoms with Crippen LogP contribution in [0, 0.1) is 0 Å². The van der Waals surface area contributed by atoms with E-state index < -0.39 is 0 Å². The molecule has 4 rings (SSSR count). The van der Waals surface area contributed by atoms with E-state index in [1.807, 2.05) is 98.8 Å². The molecule has 1 aromatic heterocycles. The third kappa shape index (κ3) is 5.42. The summed E-state index contributed by atoms with van der Waals surface area (Å²) in [5.41, 5.74) is 11.1. The van der Waals surface area contributed by atoms with Crippen molar-refractivity contribution in [3.05, 3.63) is 102 Å². The first-order valence-electron chi connectivity index (χ1n) is 11.1. The number of rotatable bonds is 8. The average molecular weight is 439 g/mol. The fourth-order valence-electron chi connectivity index (χ4n) is 3.59. The van der Waals surface area contributed by atoms with Crippen molar-refractivity contribution in [1.82, 2.24) is 0 Å². The van der Waals surface area contributed by atoms with Crippen LogP contribution in [0.5, 0.6) is 11.5 Å². The molecular weight excluding hydrogens is 410 g/mol. The quantitative estimate of drug-likeness (QED) is 0.297. The van der Waals surface area contributed by atoms with E-state index in [1.54, 1.807) is 0 Å². The molecule has 4 aromatic rings. The van der Waals surface area contributed by atoms with Gasteiger partial charge in [-0.2, -0.15) is 0 Å². The highest BCUT2D eigenvalue weighted by molar-refractivity contribution is 5.81. The van der Waals surface area contributed by atoms with Crippen LogP contribution < -0.4 is 15.2 Å². The SMILES string of the molecule is CCOc1ccc(C=C(N)c2cc(-c3ccccc3)cc(-c3ccccc3)[o+]2)cc1OCC. The minimum atomic E-state index is 0.525. The van der Waals surface area contributed by atoms with Crippen molar-refractivity contribution in [2.75, 3.05) is 13.2 Å². The Labute approximate surface area is 194 Å². The molecule has 0 unspecified atom stereocenters. The van der Waals surface area contributed by atoms with Gasteiger partial charge in [0.25, 0.3) is 0 Å². The normalized spacial score (nSPS) is 11.3. The number of nitrogens with two attached hydrogens (primary N) is 1. The summed E-state index contributed by atoms with van der Waals surface area (Å²) in [4.78, 5) is 0. The molecule has 0 aliphatic rings. The lowest BCUT2D eigenvalue weighted by Crippen LogP contribution is -2.00. The number of hydrogen-bond donors (Lipinski definition) is 1. The fraction of sp³-hybridized carbons (Fsp3) is 0.138. The van der Waals surface area contributed by atoms with Crippen molar-refractivity contribution in [1.29, 1.82) is 0 Å². The second-order valence-corrected chi connectivity index (χ2v) is 7.48. The summed E-state index contributed by atoms with van der Waals surface area (Å²) in [6, 6.07) is 30.1. The number of hydrogen-bond acceptors (Lipinski definition) is 3. The predicted molar refractivity (Wildman–Crippen MR) is 135 cm³/mol. The molecule has 2 N–H and O–H groups in total. The van der Waals surface area contributed by atoms with Crippen LogP contribution in [-0.4, -0.2) is 13.2 Å². The Balaban J connectivity index is 1.77. The highest BCUT2D eigenvalue weighted by Gasteiger charge is 2.21. The summed E-state index contributed by atoms with van der Waals surface area (Å²) in [6.07, 6.45) is 1.89. The molecule has 0 spiro atoms. The van der Waals surface area contributed by atoms with Crippen molar-refractivity contribution < 1.29 is 13.9 Å². The monoisotopic (exact) mass is 438 g/mol. The van der Waals surface area contributed by atoms with Gasteiger partial charge in [0.05, 0.1) is 30.9 Å². The van der Waals surface area contributed by atoms with Gasteiger partial charge in [-0.3, -0.25) is 0 Å². The number of ether oxygens (including phenoxy) is 2. The Hall–Kier alpha value is -4.05. The summed E-state index contributed by atoms with van der Waals surface area (Å²) < 4.78 is 17.7. The van der Waals surface area contributed by atoms with Crippen LogP contribution in [-0.2, 0) is 0 Å². The molecule has 0 bridgehead atoms. The van der Waals surface area contributed by atoms with Gasteiger partial charge in [0.2, 0.25) is 0 Å². The van der Waals surface area contributed by atoms with Gasteiger partial charge < -0.3 is 15.2 Å². The van der Waals surface area contributed by atoms with E-state index in [0.29, 0.717) is 30.4 Å². The van der Waals surface area contributed by atoms with Crippen LogP contribution in [0.25, 0.3) is 34.2 Å². The van der Waals surface area contributed by atoms with Crippen molar-refractivity contribution in [3.63, 3.8) is 0 Å². The van der Waals surface area contributed by atoms with E-state index in [4.69, 9.17) is 19.6 Å². The zero-order chi connectivity index (χ0) is 23.0. The highest BCUT2D eigenvalue weighted by Crippen LogP contribution is 2.32. The van der Waals surface area contributed by atoms with Crippen LogP contribution in [0.15, 0.2) is 95.4 Å². The molecule has 0 amide bonds. The molecule has 0 radical (unpaired) electrons.